The first-order valence-corrected chi connectivity index (χ1v) is 22.0. The van der Waals surface area contributed by atoms with Crippen LogP contribution >= 0.6 is 11.3 Å². The molecule has 63 heavy (non-hydrogen) atoms. The SMILES string of the molecule is c1ccc(-c2nc(-c3ccccc3)nc(-c3ccc(-n4c5ccccc5c5cc(-c6ccc7c8ccccc8n(-c8cccc9c8sc8ccccc89)c7c6)ccc54)cc3)n2)cc1. The smallest absolute Gasteiger partial charge is 0.164 e. The van der Waals surface area contributed by atoms with Crippen LogP contribution in [-0.4, -0.2) is 24.1 Å². The average Bonchev–Trinajstić information content (AvgIpc) is 4.02. The van der Waals surface area contributed by atoms with Gasteiger partial charge in [-0.3, -0.25) is 0 Å². The highest BCUT2D eigenvalue weighted by Crippen LogP contribution is 2.42. The second kappa shape index (κ2) is 14.2. The molecule has 0 bridgehead atoms. The summed E-state index contributed by atoms with van der Waals surface area (Å²) in [7, 11) is 0. The van der Waals surface area contributed by atoms with Crippen molar-refractivity contribution in [1.82, 2.24) is 24.1 Å². The van der Waals surface area contributed by atoms with Crippen LogP contribution in [0.4, 0.5) is 0 Å². The van der Waals surface area contributed by atoms with Crippen molar-refractivity contribution in [2.24, 2.45) is 0 Å². The van der Waals surface area contributed by atoms with Gasteiger partial charge in [0.25, 0.3) is 0 Å². The van der Waals surface area contributed by atoms with Crippen molar-refractivity contribution >= 4 is 75.1 Å². The molecule has 0 aliphatic rings. The van der Waals surface area contributed by atoms with Crippen LogP contribution in [0.15, 0.2) is 212 Å². The van der Waals surface area contributed by atoms with E-state index in [1.165, 1.54) is 69.6 Å². The number of hydrogen-bond donors (Lipinski definition) is 0. The van der Waals surface area contributed by atoms with Gasteiger partial charge < -0.3 is 9.13 Å². The van der Waals surface area contributed by atoms with E-state index in [1.807, 2.05) is 72.0 Å². The molecule has 0 atom stereocenters. The summed E-state index contributed by atoms with van der Waals surface area (Å²) >= 11 is 1.87. The summed E-state index contributed by atoms with van der Waals surface area (Å²) in [5, 5.41) is 7.53. The lowest BCUT2D eigenvalue weighted by atomic mass is 10.0. The van der Waals surface area contributed by atoms with Gasteiger partial charge in [-0.05, 0) is 77.9 Å². The molecule has 5 nitrogen and oxygen atoms in total. The maximum Gasteiger partial charge on any atom is 0.164 e. The number of thiophene rings is 1. The fraction of sp³-hybridized carbons (Fsp3) is 0. The van der Waals surface area contributed by atoms with Crippen molar-refractivity contribution in [3.63, 3.8) is 0 Å². The van der Waals surface area contributed by atoms with E-state index in [4.69, 9.17) is 15.0 Å². The minimum Gasteiger partial charge on any atom is -0.309 e. The Labute approximate surface area is 366 Å². The molecule has 0 fully saturated rings. The molecule has 13 rings (SSSR count). The lowest BCUT2D eigenvalue weighted by Crippen LogP contribution is -2.00. The molecule has 6 heteroatoms. The maximum absolute atomic E-state index is 4.98. The van der Waals surface area contributed by atoms with E-state index in [2.05, 4.69) is 161 Å². The number of hydrogen-bond acceptors (Lipinski definition) is 4. The van der Waals surface area contributed by atoms with Gasteiger partial charge in [0, 0.05) is 59.4 Å². The van der Waals surface area contributed by atoms with E-state index in [0.29, 0.717) is 17.5 Å². The zero-order chi connectivity index (χ0) is 41.4. The van der Waals surface area contributed by atoms with Gasteiger partial charge in [-0.15, -0.1) is 11.3 Å². The van der Waals surface area contributed by atoms with Crippen molar-refractivity contribution in [2.75, 3.05) is 0 Å². The van der Waals surface area contributed by atoms with Crippen LogP contribution in [0.1, 0.15) is 0 Å². The zero-order valence-electron chi connectivity index (χ0n) is 33.9. The molecular formula is C57H35N5S. The van der Waals surface area contributed by atoms with E-state index >= 15 is 0 Å². The topological polar surface area (TPSA) is 48.5 Å². The lowest BCUT2D eigenvalue weighted by molar-refractivity contribution is 1.07. The molecule has 0 saturated carbocycles. The number of nitrogens with zero attached hydrogens (tertiary/aromatic N) is 5. The third-order valence-corrected chi connectivity index (χ3v) is 13.6. The molecule has 0 aliphatic heterocycles. The summed E-state index contributed by atoms with van der Waals surface area (Å²) in [6, 6.07) is 75.7. The van der Waals surface area contributed by atoms with Crippen molar-refractivity contribution < 1.29 is 0 Å². The maximum atomic E-state index is 4.98. The van der Waals surface area contributed by atoms with Crippen LogP contribution in [0.2, 0.25) is 0 Å². The average molecular weight is 822 g/mol. The van der Waals surface area contributed by atoms with Gasteiger partial charge in [0.15, 0.2) is 17.5 Å². The molecule has 4 aromatic heterocycles. The fourth-order valence-electron chi connectivity index (χ4n) is 9.45. The molecule has 0 spiro atoms. The molecular weight excluding hydrogens is 787 g/mol. The molecule has 13 aromatic rings. The van der Waals surface area contributed by atoms with Crippen LogP contribution in [0.25, 0.3) is 120 Å². The Bertz CT molecular complexity index is 3840. The van der Waals surface area contributed by atoms with E-state index < -0.39 is 0 Å². The Morgan fingerprint density at radius 3 is 1.49 bits per heavy atom. The number of para-hydroxylation sites is 2. The Morgan fingerprint density at radius 2 is 0.794 bits per heavy atom. The van der Waals surface area contributed by atoms with Crippen molar-refractivity contribution in [3.05, 3.63) is 212 Å². The van der Waals surface area contributed by atoms with Gasteiger partial charge in [-0.1, -0.05) is 146 Å². The third-order valence-electron chi connectivity index (χ3n) is 12.4. The minimum absolute atomic E-state index is 0.637. The van der Waals surface area contributed by atoms with Crippen LogP contribution in [0.3, 0.4) is 0 Å². The van der Waals surface area contributed by atoms with E-state index in [9.17, 15) is 0 Å². The van der Waals surface area contributed by atoms with Gasteiger partial charge >= 0.3 is 0 Å². The minimum atomic E-state index is 0.637. The molecule has 0 unspecified atom stereocenters. The van der Waals surface area contributed by atoms with Crippen LogP contribution in [0, 0.1) is 0 Å². The summed E-state index contributed by atoms with van der Waals surface area (Å²) in [5.41, 5.74) is 12.2. The predicted molar refractivity (Wildman–Crippen MR) is 263 cm³/mol. The van der Waals surface area contributed by atoms with Gasteiger partial charge in [0.1, 0.15) is 0 Å². The van der Waals surface area contributed by atoms with E-state index in [0.717, 1.165) is 33.4 Å². The Hall–Kier alpha value is -8.19. The highest BCUT2D eigenvalue weighted by atomic mass is 32.1. The largest absolute Gasteiger partial charge is 0.309 e. The van der Waals surface area contributed by atoms with Gasteiger partial charge in [-0.25, -0.2) is 15.0 Å². The molecule has 0 saturated heterocycles. The summed E-state index contributed by atoms with van der Waals surface area (Å²) in [4.78, 5) is 14.8. The molecule has 4 heterocycles. The van der Waals surface area contributed by atoms with Gasteiger partial charge in [0.05, 0.1) is 32.5 Å². The van der Waals surface area contributed by atoms with Crippen LogP contribution < -0.4 is 0 Å². The predicted octanol–water partition coefficient (Wildman–Crippen LogP) is 15.1. The second-order valence-electron chi connectivity index (χ2n) is 16.0. The number of benzene rings is 9. The first-order valence-electron chi connectivity index (χ1n) is 21.2. The Balaban J connectivity index is 0.929. The molecule has 0 aliphatic carbocycles. The van der Waals surface area contributed by atoms with Crippen molar-refractivity contribution in [2.45, 2.75) is 0 Å². The Kier molecular flexibility index (Phi) is 8.01. The third kappa shape index (κ3) is 5.73. The first kappa shape index (κ1) is 35.6. The summed E-state index contributed by atoms with van der Waals surface area (Å²) in [5.74, 6) is 1.93. The number of aromatic nitrogens is 5. The molecule has 0 N–H and O–H groups in total. The van der Waals surface area contributed by atoms with Crippen LogP contribution in [0.5, 0.6) is 0 Å². The Morgan fingerprint density at radius 1 is 0.302 bits per heavy atom. The summed E-state index contributed by atoms with van der Waals surface area (Å²) in [6.45, 7) is 0. The summed E-state index contributed by atoms with van der Waals surface area (Å²) in [6.07, 6.45) is 0. The first-order chi connectivity index (χ1) is 31.2. The molecule has 0 amide bonds. The highest BCUT2D eigenvalue weighted by molar-refractivity contribution is 7.26. The number of fused-ring (bicyclic) bond motifs is 9. The fourth-order valence-corrected chi connectivity index (χ4v) is 10.7. The number of rotatable bonds is 6. The summed E-state index contributed by atoms with van der Waals surface area (Å²) < 4.78 is 7.45. The van der Waals surface area contributed by atoms with Crippen LogP contribution in [-0.2, 0) is 0 Å². The monoisotopic (exact) mass is 821 g/mol. The van der Waals surface area contributed by atoms with Gasteiger partial charge in [0.2, 0.25) is 0 Å². The van der Waals surface area contributed by atoms with Crippen molar-refractivity contribution in [1.29, 1.82) is 0 Å². The zero-order valence-corrected chi connectivity index (χ0v) is 34.7. The lowest BCUT2D eigenvalue weighted by Gasteiger charge is -2.11. The molecule has 294 valence electrons. The quantitative estimate of drug-likeness (QED) is 0.168. The van der Waals surface area contributed by atoms with Crippen molar-refractivity contribution in [3.8, 4) is 56.7 Å². The molecule has 9 aromatic carbocycles. The van der Waals surface area contributed by atoms with E-state index in [1.54, 1.807) is 0 Å². The molecule has 0 radical (unpaired) electrons. The second-order valence-corrected chi connectivity index (χ2v) is 17.1. The normalized spacial score (nSPS) is 11.8. The standard InChI is InChI=1S/C57H35N5S/c1-3-14-36(15-4-1)55-58-56(37-16-5-2-6-17-37)60-57(59-55)38-26-30-41(31-27-38)61-48-22-10-8-19-43(48)47-34-39(29-33-50(47)61)40-28-32-44-42-18-7-11-23-49(42)62(52(44)35-40)51-24-13-21-46-45-20-9-12-25-53(45)63-54(46)51/h1-35H. The highest BCUT2D eigenvalue weighted by Gasteiger charge is 2.19. The van der Waals surface area contributed by atoms with E-state index in [-0.39, 0.29) is 0 Å². The van der Waals surface area contributed by atoms with Gasteiger partial charge in [-0.2, -0.15) is 0 Å².